The summed E-state index contributed by atoms with van der Waals surface area (Å²) in [5, 5.41) is 1.25. The quantitative estimate of drug-likeness (QED) is 0.185. The van der Waals surface area contributed by atoms with Crippen LogP contribution in [0.1, 0.15) is 23.1 Å². The third kappa shape index (κ3) is 5.35. The number of H-pyrrole nitrogens is 1. The van der Waals surface area contributed by atoms with Crippen LogP contribution in [0.3, 0.4) is 0 Å². The van der Waals surface area contributed by atoms with Crippen molar-refractivity contribution in [3.8, 4) is 22.5 Å². The maximum atomic E-state index is 7.12. The monoisotopic (exact) mass is 660 g/mol. The van der Waals surface area contributed by atoms with Gasteiger partial charge in [0.25, 0.3) is 0 Å². The molecule has 8 rings (SSSR count). The average molecular weight is 662 g/mol. The number of para-hydroxylation sites is 2. The first-order valence-electron chi connectivity index (χ1n) is 15.8. The smallest absolute Gasteiger partial charge is 0.170 e. The van der Waals surface area contributed by atoms with Crippen molar-refractivity contribution >= 4 is 46.0 Å². The highest BCUT2D eigenvalue weighted by Gasteiger charge is 2.45. The molecule has 0 amide bonds. The van der Waals surface area contributed by atoms with Crippen molar-refractivity contribution in [3.05, 3.63) is 197 Å². The Labute approximate surface area is 290 Å². The lowest BCUT2D eigenvalue weighted by atomic mass is 10.0. The molecule has 6 aromatic carbocycles. The summed E-state index contributed by atoms with van der Waals surface area (Å²) < 4.78 is 0. The first kappa shape index (κ1) is 29.8. The number of rotatable bonds is 7. The minimum absolute atomic E-state index is 0.505. The summed E-state index contributed by atoms with van der Waals surface area (Å²) in [6, 6.07) is 57.5. The molecule has 0 radical (unpaired) electrons. The van der Waals surface area contributed by atoms with Gasteiger partial charge >= 0.3 is 0 Å². The number of nitrogens with one attached hydrogen (secondary N) is 1. The molecule has 7 aromatic rings. The molecule has 232 valence electrons. The van der Waals surface area contributed by atoms with Crippen LogP contribution >= 0.6 is 23.2 Å². The number of aromatic nitrogens is 2. The Bertz CT molecular complexity index is 2060. The van der Waals surface area contributed by atoms with Crippen molar-refractivity contribution in [1.29, 1.82) is 0 Å². The molecule has 0 saturated carbocycles. The maximum Gasteiger partial charge on any atom is 0.170 e. The van der Waals surface area contributed by atoms with Crippen LogP contribution in [0.5, 0.6) is 0 Å². The molecular weight excluding hydrogens is 631 g/mol. The lowest BCUT2D eigenvalue weighted by Gasteiger charge is -2.34. The molecule has 0 aliphatic carbocycles. The van der Waals surface area contributed by atoms with Crippen LogP contribution < -0.4 is 9.80 Å². The minimum Gasteiger partial charge on any atom is -0.338 e. The second kappa shape index (κ2) is 12.9. The Morgan fingerprint density at radius 2 is 0.812 bits per heavy atom. The van der Waals surface area contributed by atoms with Gasteiger partial charge in [0.05, 0.1) is 44.2 Å². The van der Waals surface area contributed by atoms with Gasteiger partial charge < -0.3 is 14.8 Å². The first-order chi connectivity index (χ1) is 23.7. The molecule has 0 bridgehead atoms. The molecule has 0 fully saturated rings. The highest BCUT2D eigenvalue weighted by molar-refractivity contribution is 6.34. The van der Waals surface area contributed by atoms with Gasteiger partial charge in [-0.3, -0.25) is 0 Å². The van der Waals surface area contributed by atoms with E-state index >= 15 is 0 Å². The molecule has 6 heteroatoms. The largest absolute Gasteiger partial charge is 0.338 e. The van der Waals surface area contributed by atoms with E-state index < -0.39 is 6.17 Å². The van der Waals surface area contributed by atoms with E-state index in [2.05, 4.69) is 112 Å². The first-order valence-corrected chi connectivity index (χ1v) is 16.6. The summed E-state index contributed by atoms with van der Waals surface area (Å²) in [6.07, 6.45) is -0.505. The molecule has 0 unspecified atom stereocenters. The predicted molar refractivity (Wildman–Crippen MR) is 200 cm³/mol. The molecule has 1 N–H and O–H groups in total. The lowest BCUT2D eigenvalue weighted by Crippen LogP contribution is -2.34. The fourth-order valence-electron chi connectivity index (χ4n) is 6.51. The van der Waals surface area contributed by atoms with Crippen LogP contribution in [-0.4, -0.2) is 9.97 Å². The number of hydrogen-bond acceptors (Lipinski definition) is 3. The van der Waals surface area contributed by atoms with Gasteiger partial charge in [-0.25, -0.2) is 4.98 Å². The second-order valence-corrected chi connectivity index (χ2v) is 12.3. The standard InChI is InChI=1S/C42H30Cl2N4/c43-33-25-13-15-27-35(33)47-39(31-21-9-3-10-22-31)40(32-23-11-4-12-24-32)48(36-28-16-14-26-34(36)44)42(47)41-45-37(29-17-5-1-6-18-29)38(46-41)30-19-7-2-8-20-30/h1-28,42H,(H,45,46). The van der Waals surface area contributed by atoms with Crippen LogP contribution in [0.4, 0.5) is 11.4 Å². The molecule has 0 atom stereocenters. The molecule has 1 aromatic heterocycles. The number of benzene rings is 6. The van der Waals surface area contributed by atoms with Crippen molar-refractivity contribution in [3.63, 3.8) is 0 Å². The van der Waals surface area contributed by atoms with Crippen molar-refractivity contribution in [2.24, 2.45) is 0 Å². The molecule has 2 heterocycles. The van der Waals surface area contributed by atoms with Gasteiger partial charge in [-0.05, 0) is 24.3 Å². The highest BCUT2D eigenvalue weighted by Crippen LogP contribution is 2.54. The summed E-state index contributed by atoms with van der Waals surface area (Å²) in [7, 11) is 0. The third-order valence-corrected chi connectivity index (χ3v) is 9.23. The second-order valence-electron chi connectivity index (χ2n) is 11.5. The Morgan fingerprint density at radius 3 is 1.25 bits per heavy atom. The molecular formula is C42H30Cl2N4. The van der Waals surface area contributed by atoms with E-state index in [4.69, 9.17) is 28.2 Å². The molecule has 0 spiro atoms. The fraction of sp³-hybridized carbons (Fsp3) is 0.0238. The van der Waals surface area contributed by atoms with E-state index in [0.717, 1.165) is 62.2 Å². The van der Waals surface area contributed by atoms with E-state index in [1.807, 2.05) is 72.8 Å². The molecule has 0 saturated heterocycles. The zero-order valence-electron chi connectivity index (χ0n) is 25.8. The number of nitrogens with zero attached hydrogens (tertiary/aromatic N) is 3. The van der Waals surface area contributed by atoms with E-state index in [1.165, 1.54) is 0 Å². The van der Waals surface area contributed by atoms with Crippen molar-refractivity contribution < 1.29 is 0 Å². The van der Waals surface area contributed by atoms with Crippen molar-refractivity contribution in [2.45, 2.75) is 6.17 Å². The molecule has 1 aliphatic rings. The van der Waals surface area contributed by atoms with Crippen LogP contribution in [0.15, 0.2) is 170 Å². The summed E-state index contributed by atoms with van der Waals surface area (Å²) in [4.78, 5) is 13.9. The van der Waals surface area contributed by atoms with E-state index in [1.54, 1.807) is 0 Å². The number of imidazole rings is 1. The molecule has 48 heavy (non-hydrogen) atoms. The van der Waals surface area contributed by atoms with Gasteiger partial charge in [-0.15, -0.1) is 0 Å². The van der Waals surface area contributed by atoms with Crippen LogP contribution in [0.2, 0.25) is 10.0 Å². The Balaban J connectivity index is 1.48. The number of halogens is 2. The van der Waals surface area contributed by atoms with E-state index in [9.17, 15) is 0 Å². The SMILES string of the molecule is Clc1ccccc1N1C(c2ccccc2)=C(c2ccccc2)N(c2ccccc2Cl)C1c1nc(-c2ccccc2)c(-c2ccccc2)[nH]1. The number of hydrogen-bond donors (Lipinski definition) is 1. The topological polar surface area (TPSA) is 35.2 Å². The van der Waals surface area contributed by atoms with Crippen molar-refractivity contribution in [1.82, 2.24) is 9.97 Å². The fourth-order valence-corrected chi connectivity index (χ4v) is 6.96. The summed E-state index contributed by atoms with van der Waals surface area (Å²) in [6.45, 7) is 0. The molecule has 1 aliphatic heterocycles. The van der Waals surface area contributed by atoms with E-state index in [0.29, 0.717) is 10.0 Å². The Hall–Kier alpha value is -5.55. The Kier molecular flexibility index (Phi) is 8.03. The third-order valence-electron chi connectivity index (χ3n) is 8.59. The zero-order valence-corrected chi connectivity index (χ0v) is 27.4. The van der Waals surface area contributed by atoms with Gasteiger partial charge in [-0.1, -0.05) is 169 Å². The summed E-state index contributed by atoms with van der Waals surface area (Å²) in [5.74, 6) is 0.743. The van der Waals surface area contributed by atoms with Gasteiger partial charge in [-0.2, -0.15) is 0 Å². The molecule has 4 nitrogen and oxygen atoms in total. The maximum absolute atomic E-state index is 7.12. The summed E-state index contributed by atoms with van der Waals surface area (Å²) >= 11 is 14.2. The van der Waals surface area contributed by atoms with Gasteiger partial charge in [0.15, 0.2) is 12.0 Å². The number of aromatic amines is 1. The van der Waals surface area contributed by atoms with Gasteiger partial charge in [0.2, 0.25) is 0 Å². The predicted octanol–water partition coefficient (Wildman–Crippen LogP) is 11.6. The van der Waals surface area contributed by atoms with Crippen LogP contribution in [0.25, 0.3) is 33.9 Å². The van der Waals surface area contributed by atoms with Crippen LogP contribution in [-0.2, 0) is 0 Å². The highest BCUT2D eigenvalue weighted by atomic mass is 35.5. The summed E-state index contributed by atoms with van der Waals surface area (Å²) in [5.41, 5.74) is 9.61. The number of anilines is 2. The Morgan fingerprint density at radius 1 is 0.438 bits per heavy atom. The van der Waals surface area contributed by atoms with Gasteiger partial charge in [0, 0.05) is 22.3 Å². The zero-order chi connectivity index (χ0) is 32.5. The van der Waals surface area contributed by atoms with E-state index in [-0.39, 0.29) is 0 Å². The normalized spacial score (nSPS) is 13.4. The average Bonchev–Trinajstić information content (AvgIpc) is 3.74. The van der Waals surface area contributed by atoms with Crippen molar-refractivity contribution in [2.75, 3.05) is 9.80 Å². The van der Waals surface area contributed by atoms with Gasteiger partial charge in [0.1, 0.15) is 0 Å². The lowest BCUT2D eigenvalue weighted by molar-refractivity contribution is 0.699. The minimum atomic E-state index is -0.505. The van der Waals surface area contributed by atoms with Crippen LogP contribution in [0, 0.1) is 0 Å².